The van der Waals surface area contributed by atoms with E-state index in [1.54, 1.807) is 0 Å². The first-order chi connectivity index (χ1) is 10.5. The second-order valence-electron chi connectivity index (χ2n) is 6.73. The van der Waals surface area contributed by atoms with Crippen LogP contribution in [0.25, 0.3) is 0 Å². The summed E-state index contributed by atoms with van der Waals surface area (Å²) in [5, 5.41) is 12.2. The van der Waals surface area contributed by atoms with E-state index >= 15 is 0 Å². The largest absolute Gasteiger partial charge is 0.481 e. The molecule has 5 heteroatoms. The molecule has 0 aromatic carbocycles. The van der Waals surface area contributed by atoms with Crippen molar-refractivity contribution in [2.45, 2.75) is 71.4 Å². The van der Waals surface area contributed by atoms with Crippen LogP contribution in [0.2, 0.25) is 0 Å². The molecular weight excluding hydrogens is 282 g/mol. The van der Waals surface area contributed by atoms with Crippen molar-refractivity contribution in [2.24, 2.45) is 17.3 Å². The lowest BCUT2D eigenvalue weighted by atomic mass is 9.58. The number of carbonyl (C=O) groups is 2. The first-order valence-electron chi connectivity index (χ1n) is 8.63. The van der Waals surface area contributed by atoms with Gasteiger partial charge in [0.2, 0.25) is 5.91 Å². The molecule has 2 unspecified atom stereocenters. The molecule has 0 saturated heterocycles. The molecule has 0 spiro atoms. The maximum atomic E-state index is 12.5. The number of nitrogens with one attached hydrogen (secondary N) is 1. The van der Waals surface area contributed by atoms with Crippen molar-refractivity contribution in [3.05, 3.63) is 0 Å². The van der Waals surface area contributed by atoms with Crippen molar-refractivity contribution in [3.63, 3.8) is 0 Å². The molecule has 0 radical (unpaired) electrons. The molecule has 2 saturated carbocycles. The molecule has 0 aliphatic heterocycles. The van der Waals surface area contributed by atoms with Gasteiger partial charge in [-0.25, -0.2) is 0 Å². The molecule has 4 atom stereocenters. The Bertz CT molecular complexity index is 419. The number of carboxylic acid groups (broad SMARTS) is 1. The quantitative estimate of drug-likeness (QED) is 0.758. The lowest BCUT2D eigenvalue weighted by molar-refractivity contribution is -0.150. The van der Waals surface area contributed by atoms with Crippen molar-refractivity contribution in [2.75, 3.05) is 6.61 Å². The smallest absolute Gasteiger partial charge is 0.306 e. The molecule has 2 aliphatic carbocycles. The van der Waals surface area contributed by atoms with Crippen molar-refractivity contribution in [1.29, 1.82) is 0 Å². The fraction of sp³-hybridized carbons (Fsp3) is 0.882. The summed E-state index contributed by atoms with van der Waals surface area (Å²) < 4.78 is 5.83. The third-order valence-electron chi connectivity index (χ3n) is 5.94. The Morgan fingerprint density at radius 2 is 1.77 bits per heavy atom. The summed E-state index contributed by atoms with van der Waals surface area (Å²) in [6.45, 7) is 7.02. The van der Waals surface area contributed by atoms with Crippen molar-refractivity contribution in [3.8, 4) is 0 Å². The zero-order valence-electron chi connectivity index (χ0n) is 13.9. The molecule has 2 aliphatic rings. The average molecular weight is 311 g/mol. The second kappa shape index (κ2) is 6.99. The van der Waals surface area contributed by atoms with Crippen molar-refractivity contribution < 1.29 is 19.4 Å². The topological polar surface area (TPSA) is 75.6 Å². The number of hydrogen-bond donors (Lipinski definition) is 2. The van der Waals surface area contributed by atoms with Gasteiger partial charge < -0.3 is 15.2 Å². The van der Waals surface area contributed by atoms with Crippen LogP contribution >= 0.6 is 0 Å². The van der Waals surface area contributed by atoms with Gasteiger partial charge in [-0.05, 0) is 45.4 Å². The number of hydrogen-bond acceptors (Lipinski definition) is 3. The van der Waals surface area contributed by atoms with Crippen LogP contribution in [0.3, 0.4) is 0 Å². The Morgan fingerprint density at radius 3 is 2.27 bits per heavy atom. The minimum Gasteiger partial charge on any atom is -0.481 e. The highest BCUT2D eigenvalue weighted by atomic mass is 16.5. The van der Waals surface area contributed by atoms with Gasteiger partial charge in [-0.3, -0.25) is 9.59 Å². The summed E-state index contributed by atoms with van der Waals surface area (Å²) >= 11 is 0. The van der Waals surface area contributed by atoms with Crippen LogP contribution in [-0.2, 0) is 14.3 Å². The lowest BCUT2D eigenvalue weighted by Gasteiger charge is -2.55. The molecule has 5 nitrogen and oxygen atoms in total. The molecule has 2 fully saturated rings. The van der Waals surface area contributed by atoms with Gasteiger partial charge in [0.05, 0.1) is 12.0 Å². The van der Waals surface area contributed by atoms with E-state index in [0.717, 1.165) is 19.3 Å². The highest BCUT2D eigenvalue weighted by molar-refractivity contribution is 5.81. The summed E-state index contributed by atoms with van der Waals surface area (Å²) in [4.78, 5) is 23.5. The van der Waals surface area contributed by atoms with Gasteiger partial charge in [0.25, 0.3) is 0 Å². The van der Waals surface area contributed by atoms with E-state index in [1.807, 2.05) is 6.92 Å². The van der Waals surface area contributed by atoms with E-state index in [-0.39, 0.29) is 35.3 Å². The summed E-state index contributed by atoms with van der Waals surface area (Å²) in [6.07, 6.45) is 4.86. The minimum absolute atomic E-state index is 0.0370. The van der Waals surface area contributed by atoms with Crippen LogP contribution in [-0.4, -0.2) is 35.7 Å². The molecule has 22 heavy (non-hydrogen) atoms. The Labute approximate surface area is 132 Å². The normalized spacial score (nSPS) is 33.2. The molecule has 0 heterocycles. The Morgan fingerprint density at radius 1 is 1.14 bits per heavy atom. The van der Waals surface area contributed by atoms with E-state index in [9.17, 15) is 9.59 Å². The summed E-state index contributed by atoms with van der Waals surface area (Å²) in [5.41, 5.74) is 0.0382. The van der Waals surface area contributed by atoms with Gasteiger partial charge in [-0.15, -0.1) is 0 Å². The van der Waals surface area contributed by atoms with Crippen LogP contribution in [0.4, 0.5) is 0 Å². The van der Waals surface area contributed by atoms with Gasteiger partial charge in [0, 0.05) is 24.0 Å². The lowest BCUT2D eigenvalue weighted by Crippen LogP contribution is -2.64. The molecule has 0 bridgehead atoms. The Balaban J connectivity index is 1.93. The molecule has 1 amide bonds. The highest BCUT2D eigenvalue weighted by Gasteiger charge is 2.54. The first kappa shape index (κ1) is 17.3. The van der Waals surface area contributed by atoms with E-state index in [4.69, 9.17) is 9.84 Å². The van der Waals surface area contributed by atoms with Crippen LogP contribution in [0.1, 0.15) is 59.3 Å². The molecule has 0 aromatic heterocycles. The third-order valence-corrected chi connectivity index (χ3v) is 5.94. The standard InChI is InChI=1S/C17H29NO4/c1-4-17(5-2)13(10-14(17)22-6-3)18-15(19)11-7-8-12(9-11)16(20)21/h11-14H,4-10H2,1-3H3,(H,18,19)(H,20,21)/t11-,12+,13?,14?/m1/s1. The number of carbonyl (C=O) groups excluding carboxylic acids is 1. The van der Waals surface area contributed by atoms with Gasteiger partial charge in [-0.2, -0.15) is 0 Å². The first-order valence-corrected chi connectivity index (χ1v) is 8.63. The predicted octanol–water partition coefficient (Wildman–Crippen LogP) is 2.59. The Kier molecular flexibility index (Phi) is 5.48. The van der Waals surface area contributed by atoms with E-state index in [1.165, 1.54) is 0 Å². The maximum Gasteiger partial charge on any atom is 0.306 e. The molecule has 0 aromatic rings. The van der Waals surface area contributed by atoms with Crippen LogP contribution < -0.4 is 5.32 Å². The number of carboxylic acids is 1. The summed E-state index contributed by atoms with van der Waals surface area (Å²) in [7, 11) is 0. The highest BCUT2D eigenvalue weighted by Crippen LogP contribution is 2.49. The molecule has 2 N–H and O–H groups in total. The fourth-order valence-corrected chi connectivity index (χ4v) is 4.32. The molecule has 2 rings (SSSR count). The Hall–Kier alpha value is -1.10. The molecular formula is C17H29NO4. The van der Waals surface area contributed by atoms with Crippen molar-refractivity contribution >= 4 is 11.9 Å². The van der Waals surface area contributed by atoms with Gasteiger partial charge in [-0.1, -0.05) is 13.8 Å². The van der Waals surface area contributed by atoms with E-state index in [2.05, 4.69) is 19.2 Å². The number of aliphatic carboxylic acids is 1. The zero-order chi connectivity index (χ0) is 16.3. The van der Waals surface area contributed by atoms with Crippen LogP contribution in [0.5, 0.6) is 0 Å². The fourth-order valence-electron chi connectivity index (χ4n) is 4.32. The van der Waals surface area contributed by atoms with E-state index in [0.29, 0.717) is 25.9 Å². The second-order valence-corrected chi connectivity index (χ2v) is 6.73. The SMILES string of the molecule is CCOC1CC(NC(=O)[C@@H]2CC[C@H](C(=O)O)C2)C1(CC)CC. The maximum absolute atomic E-state index is 12.5. The van der Waals surface area contributed by atoms with E-state index < -0.39 is 5.97 Å². The number of amides is 1. The third kappa shape index (κ3) is 3.00. The number of ether oxygens (including phenoxy) is 1. The van der Waals surface area contributed by atoms with Crippen molar-refractivity contribution in [1.82, 2.24) is 5.32 Å². The summed E-state index contributed by atoms with van der Waals surface area (Å²) in [5.74, 6) is -1.23. The minimum atomic E-state index is -0.771. The van der Waals surface area contributed by atoms with Gasteiger partial charge >= 0.3 is 5.97 Å². The monoisotopic (exact) mass is 311 g/mol. The van der Waals surface area contributed by atoms with Gasteiger partial charge in [0.15, 0.2) is 0 Å². The average Bonchev–Trinajstić information content (AvgIpc) is 2.97. The molecule has 126 valence electrons. The number of rotatable bonds is 7. The van der Waals surface area contributed by atoms with Crippen LogP contribution in [0.15, 0.2) is 0 Å². The summed E-state index contributed by atoms with van der Waals surface area (Å²) in [6, 6.07) is 0.162. The predicted molar refractivity (Wildman–Crippen MR) is 83.4 cm³/mol. The van der Waals surface area contributed by atoms with Crippen LogP contribution in [0, 0.1) is 17.3 Å². The van der Waals surface area contributed by atoms with Gasteiger partial charge in [0.1, 0.15) is 0 Å². The zero-order valence-corrected chi connectivity index (χ0v) is 13.9.